The number of aliphatic hydroxyl groups is 1. The summed E-state index contributed by atoms with van der Waals surface area (Å²) in [5.41, 5.74) is -4.26. The molecule has 1 amide bonds. The molecule has 0 saturated heterocycles. The van der Waals surface area contributed by atoms with E-state index in [4.69, 9.17) is 39.5 Å². The molecule has 6 nitrogen and oxygen atoms in total. The number of hydrogen-bond donors (Lipinski definition) is 3. The van der Waals surface area contributed by atoms with Crippen LogP contribution in [0.3, 0.4) is 0 Å². The Labute approximate surface area is 206 Å². The second-order valence-electron chi connectivity index (χ2n) is 7.03. The Morgan fingerprint density at radius 1 is 1.03 bits per heavy atom. The lowest BCUT2D eigenvalue weighted by Gasteiger charge is -2.32. The van der Waals surface area contributed by atoms with Crippen LogP contribution in [-0.4, -0.2) is 24.3 Å². The number of halogens is 6. The Kier molecular flexibility index (Phi) is 7.66. The van der Waals surface area contributed by atoms with Gasteiger partial charge in [-0.15, -0.1) is 0 Å². The van der Waals surface area contributed by atoms with Gasteiger partial charge in [-0.3, -0.25) is 4.79 Å². The van der Waals surface area contributed by atoms with Crippen LogP contribution in [0.15, 0.2) is 54.6 Å². The van der Waals surface area contributed by atoms with Crippen LogP contribution in [0.25, 0.3) is 0 Å². The molecule has 0 radical (unpaired) electrons. The van der Waals surface area contributed by atoms with Crippen LogP contribution in [0.2, 0.25) is 15.1 Å². The van der Waals surface area contributed by atoms with Crippen LogP contribution in [0.1, 0.15) is 21.5 Å². The van der Waals surface area contributed by atoms with Gasteiger partial charge < -0.3 is 25.8 Å². The summed E-state index contributed by atoms with van der Waals surface area (Å²) in [6, 6.07) is 10.4. The number of methoxy groups -OCH3 is 1. The standard InChI is InChI=1S/C22H16Cl3F3N2O4/c1-34-19-14(3-2-4-17(19)30-33)20(31)29-18-15(24)9-12(10-16(18)25)21(32,22(26,27)28)11-5-7-13(23)8-6-11/h2-10,32H,30H2,1H3,(H,29,31). The van der Waals surface area contributed by atoms with Crippen molar-refractivity contribution in [2.24, 2.45) is 0 Å². The summed E-state index contributed by atoms with van der Waals surface area (Å²) in [7, 11) is 1.27. The Morgan fingerprint density at radius 2 is 1.62 bits per heavy atom. The number of benzene rings is 3. The van der Waals surface area contributed by atoms with Crippen molar-refractivity contribution in [3.8, 4) is 5.75 Å². The maximum absolute atomic E-state index is 14.0. The van der Waals surface area contributed by atoms with Crippen LogP contribution in [0, 0.1) is 5.21 Å². The van der Waals surface area contributed by atoms with E-state index in [2.05, 4.69) is 5.32 Å². The van der Waals surface area contributed by atoms with Crippen LogP contribution in [0.5, 0.6) is 5.75 Å². The Balaban J connectivity index is 2.05. The summed E-state index contributed by atoms with van der Waals surface area (Å²) in [6.07, 6.45) is -5.15. The van der Waals surface area contributed by atoms with E-state index in [1.807, 2.05) is 0 Å². The Bertz CT molecular complexity index is 1200. The summed E-state index contributed by atoms with van der Waals surface area (Å²) in [5, 5.41) is 23.8. The molecule has 0 spiro atoms. The highest BCUT2D eigenvalue weighted by Gasteiger charge is 2.56. The number of ether oxygens (including phenoxy) is 1. The summed E-state index contributed by atoms with van der Waals surface area (Å²) in [6.45, 7) is 0. The largest absolute Gasteiger partial charge is 0.630 e. The summed E-state index contributed by atoms with van der Waals surface area (Å²) in [4.78, 5) is 12.8. The second-order valence-corrected chi connectivity index (χ2v) is 8.28. The van der Waals surface area contributed by atoms with Crippen molar-refractivity contribution in [3.63, 3.8) is 0 Å². The number of quaternary nitrogens is 1. The number of carbonyl (C=O) groups is 1. The fraction of sp³-hybridized carbons (Fsp3) is 0.136. The zero-order valence-electron chi connectivity index (χ0n) is 17.2. The molecule has 3 aromatic rings. The average molecular weight is 536 g/mol. The van der Waals surface area contributed by atoms with E-state index in [1.54, 1.807) is 0 Å². The van der Waals surface area contributed by atoms with Gasteiger partial charge in [0.25, 0.3) is 5.91 Å². The monoisotopic (exact) mass is 534 g/mol. The van der Waals surface area contributed by atoms with E-state index in [0.29, 0.717) is 5.48 Å². The molecule has 0 fully saturated rings. The van der Waals surface area contributed by atoms with Gasteiger partial charge in [-0.2, -0.15) is 13.2 Å². The predicted octanol–water partition coefficient (Wildman–Crippen LogP) is 5.40. The number of carbonyl (C=O) groups excluding carboxylic acids is 1. The number of nitrogens with two attached hydrogens (primary N) is 1. The first-order valence-corrected chi connectivity index (χ1v) is 10.6. The van der Waals surface area contributed by atoms with E-state index < -0.39 is 28.8 Å². The van der Waals surface area contributed by atoms with Crippen molar-refractivity contribution < 1.29 is 33.3 Å². The molecule has 0 saturated carbocycles. The van der Waals surface area contributed by atoms with Gasteiger partial charge in [0.05, 0.1) is 28.4 Å². The van der Waals surface area contributed by atoms with Gasteiger partial charge in [0.15, 0.2) is 11.4 Å². The molecule has 3 rings (SSSR count). The minimum absolute atomic E-state index is 0.00644. The van der Waals surface area contributed by atoms with Crippen LogP contribution >= 0.6 is 34.8 Å². The molecule has 0 heterocycles. The lowest BCUT2D eigenvalue weighted by Crippen LogP contribution is -2.70. The normalized spacial score (nSPS) is 13.3. The first-order valence-electron chi connectivity index (χ1n) is 9.42. The molecule has 12 heteroatoms. The molecule has 0 bridgehead atoms. The van der Waals surface area contributed by atoms with Crippen LogP contribution in [-0.2, 0) is 5.60 Å². The number of amides is 1. The number of hydrogen-bond acceptors (Lipinski definition) is 4. The average Bonchev–Trinajstić information content (AvgIpc) is 2.79. The molecule has 0 aliphatic carbocycles. The summed E-state index contributed by atoms with van der Waals surface area (Å²) >= 11 is 18.1. The molecular weight excluding hydrogens is 520 g/mol. The van der Waals surface area contributed by atoms with Gasteiger partial charge in [0.2, 0.25) is 5.60 Å². The topological polar surface area (TPSA) is 98.2 Å². The fourth-order valence-electron chi connectivity index (χ4n) is 3.32. The number of rotatable bonds is 6. The third kappa shape index (κ3) is 4.81. The van der Waals surface area contributed by atoms with Crippen molar-refractivity contribution in [3.05, 3.63) is 91.6 Å². The van der Waals surface area contributed by atoms with Gasteiger partial charge in [0, 0.05) is 16.7 Å². The molecule has 1 atom stereocenters. The van der Waals surface area contributed by atoms with Gasteiger partial charge in [-0.1, -0.05) is 53.0 Å². The number of para-hydroxylation sites is 1. The van der Waals surface area contributed by atoms with Crippen molar-refractivity contribution >= 4 is 52.1 Å². The van der Waals surface area contributed by atoms with E-state index in [0.717, 1.165) is 24.3 Å². The van der Waals surface area contributed by atoms with Crippen molar-refractivity contribution in [2.45, 2.75) is 11.8 Å². The Morgan fingerprint density at radius 3 is 2.12 bits per heavy atom. The minimum atomic E-state index is -5.15. The fourth-order valence-corrected chi connectivity index (χ4v) is 4.03. The lowest BCUT2D eigenvalue weighted by atomic mass is 9.85. The molecule has 0 aromatic heterocycles. The zero-order chi connectivity index (χ0) is 25.3. The quantitative estimate of drug-likeness (QED) is 0.291. The molecule has 180 valence electrons. The highest BCUT2D eigenvalue weighted by molar-refractivity contribution is 6.40. The first kappa shape index (κ1) is 26.1. The third-order valence-corrected chi connectivity index (χ3v) is 5.84. The minimum Gasteiger partial charge on any atom is -0.630 e. The second kappa shape index (κ2) is 9.99. The van der Waals surface area contributed by atoms with Gasteiger partial charge in [-0.25, -0.2) is 0 Å². The van der Waals surface area contributed by atoms with Gasteiger partial charge in [-0.05, 0) is 35.9 Å². The van der Waals surface area contributed by atoms with E-state index >= 15 is 0 Å². The molecule has 0 aliphatic heterocycles. The van der Waals surface area contributed by atoms with Crippen molar-refractivity contribution in [2.75, 3.05) is 12.4 Å². The summed E-state index contributed by atoms with van der Waals surface area (Å²) in [5.74, 6) is -0.783. The van der Waals surface area contributed by atoms with Crippen molar-refractivity contribution in [1.82, 2.24) is 0 Å². The molecular formula is C22H16Cl3F3N2O4. The maximum atomic E-state index is 14.0. The van der Waals surface area contributed by atoms with E-state index in [-0.39, 0.29) is 37.8 Å². The zero-order valence-corrected chi connectivity index (χ0v) is 19.5. The molecule has 1 unspecified atom stereocenters. The predicted molar refractivity (Wildman–Crippen MR) is 123 cm³/mol. The van der Waals surface area contributed by atoms with E-state index in [9.17, 15) is 28.3 Å². The van der Waals surface area contributed by atoms with E-state index in [1.165, 1.54) is 37.4 Å². The molecule has 4 N–H and O–H groups in total. The number of alkyl halides is 3. The SMILES string of the molecule is COc1c([NH2+][O-])cccc1C(=O)Nc1c(Cl)cc(C(O)(c2ccc(Cl)cc2)C(F)(F)F)cc1Cl. The van der Waals surface area contributed by atoms with Gasteiger partial charge in [0.1, 0.15) is 0 Å². The maximum Gasteiger partial charge on any atom is 0.425 e. The molecule has 3 aromatic carbocycles. The first-order chi connectivity index (χ1) is 15.9. The van der Waals surface area contributed by atoms with Gasteiger partial charge >= 0.3 is 6.18 Å². The third-order valence-electron chi connectivity index (χ3n) is 4.99. The Hall–Kier alpha value is -2.53. The van der Waals surface area contributed by atoms with Crippen LogP contribution < -0.4 is 15.5 Å². The molecule has 0 aliphatic rings. The molecule has 34 heavy (non-hydrogen) atoms. The van der Waals surface area contributed by atoms with Crippen LogP contribution in [0.4, 0.5) is 24.5 Å². The summed E-state index contributed by atoms with van der Waals surface area (Å²) < 4.78 is 47.3. The highest BCUT2D eigenvalue weighted by Crippen LogP contribution is 2.47. The number of anilines is 1. The highest BCUT2D eigenvalue weighted by atomic mass is 35.5. The van der Waals surface area contributed by atoms with Crippen molar-refractivity contribution in [1.29, 1.82) is 0 Å². The lowest BCUT2D eigenvalue weighted by molar-refractivity contribution is -0.497. The number of nitrogens with one attached hydrogen (secondary N) is 1. The smallest absolute Gasteiger partial charge is 0.425 e.